The summed E-state index contributed by atoms with van der Waals surface area (Å²) in [6, 6.07) is 0. The molecule has 1 aliphatic rings. The van der Waals surface area contributed by atoms with Crippen LogP contribution >= 0.6 is 11.3 Å². The summed E-state index contributed by atoms with van der Waals surface area (Å²) < 4.78 is 0. The topological polar surface area (TPSA) is 66.4 Å². The monoisotopic (exact) mass is 238 g/mol. The highest BCUT2D eigenvalue weighted by Crippen LogP contribution is 2.25. The lowest BCUT2D eigenvalue weighted by Crippen LogP contribution is -2.40. The van der Waals surface area contributed by atoms with Gasteiger partial charge in [-0.2, -0.15) is 0 Å². The molecule has 1 atom stereocenters. The summed E-state index contributed by atoms with van der Waals surface area (Å²) in [7, 11) is 0. The first-order valence-corrected chi connectivity index (χ1v) is 6.09. The summed E-state index contributed by atoms with van der Waals surface area (Å²) >= 11 is 1.46. The van der Waals surface area contributed by atoms with Crippen LogP contribution in [0.2, 0.25) is 0 Å². The maximum atomic E-state index is 11.9. The summed E-state index contributed by atoms with van der Waals surface area (Å²) in [5, 5.41) is 8.44. The average Bonchev–Trinajstić information content (AvgIpc) is 2.86. The summed E-state index contributed by atoms with van der Waals surface area (Å²) in [6.07, 6.45) is 2.65. The highest BCUT2D eigenvalue weighted by Gasteiger charge is 2.44. The number of amides is 1. The predicted octanol–water partition coefficient (Wildman–Crippen LogP) is 0.844. The molecule has 1 fully saturated rings. The van der Waals surface area contributed by atoms with Crippen molar-refractivity contribution < 1.29 is 4.79 Å². The molecular formula is C10H14N4OS. The number of nitrogens with zero attached hydrogens (tertiary/aromatic N) is 2. The van der Waals surface area contributed by atoms with Gasteiger partial charge < -0.3 is 5.32 Å². The van der Waals surface area contributed by atoms with E-state index in [1.165, 1.54) is 11.3 Å². The zero-order valence-electron chi connectivity index (χ0n) is 9.28. The maximum absolute atomic E-state index is 11.9. The van der Waals surface area contributed by atoms with Crippen molar-refractivity contribution in [3.8, 4) is 0 Å². The first-order chi connectivity index (χ1) is 7.66. The van der Waals surface area contributed by atoms with E-state index in [9.17, 15) is 4.79 Å². The first-order valence-electron chi connectivity index (χ1n) is 5.21. The zero-order chi connectivity index (χ0) is 11.6. The molecule has 0 saturated carbocycles. The number of nitrogens with one attached hydrogen (secondary N) is 2. The zero-order valence-corrected chi connectivity index (χ0v) is 10.1. The van der Waals surface area contributed by atoms with Crippen LogP contribution in [0.1, 0.15) is 25.3 Å². The van der Waals surface area contributed by atoms with Crippen LogP contribution in [0, 0.1) is 0 Å². The van der Waals surface area contributed by atoms with E-state index in [1.807, 2.05) is 19.2 Å². The van der Waals surface area contributed by atoms with E-state index in [2.05, 4.69) is 20.6 Å². The van der Waals surface area contributed by atoms with Crippen LogP contribution in [0.5, 0.6) is 0 Å². The SMILES string of the molecule is CCCN=C1NC(=O)C(C)(c2nccs2)N1. The summed E-state index contributed by atoms with van der Waals surface area (Å²) in [5.74, 6) is 0.446. The van der Waals surface area contributed by atoms with Gasteiger partial charge in [0.05, 0.1) is 0 Å². The number of carbonyl (C=O) groups excluding carboxylic acids is 1. The number of hydrogen-bond acceptors (Lipinski definition) is 4. The highest BCUT2D eigenvalue weighted by molar-refractivity contribution is 7.09. The third-order valence-electron chi connectivity index (χ3n) is 2.41. The lowest BCUT2D eigenvalue weighted by atomic mass is 10.1. The van der Waals surface area contributed by atoms with Gasteiger partial charge >= 0.3 is 0 Å². The number of hydrogen-bond donors (Lipinski definition) is 2. The quantitative estimate of drug-likeness (QED) is 0.820. The number of thiazole rings is 1. The van der Waals surface area contributed by atoms with Gasteiger partial charge in [-0.3, -0.25) is 15.1 Å². The average molecular weight is 238 g/mol. The van der Waals surface area contributed by atoms with Crippen molar-refractivity contribution >= 4 is 23.2 Å². The summed E-state index contributed by atoms with van der Waals surface area (Å²) in [5.41, 5.74) is -0.777. The van der Waals surface area contributed by atoms with Gasteiger partial charge in [-0.1, -0.05) is 6.92 Å². The Kier molecular flexibility index (Phi) is 2.91. The second-order valence-corrected chi connectivity index (χ2v) is 4.67. The Morgan fingerprint density at radius 1 is 1.62 bits per heavy atom. The summed E-state index contributed by atoms with van der Waals surface area (Å²) in [6.45, 7) is 4.56. The van der Waals surface area contributed by atoms with Gasteiger partial charge in [0.2, 0.25) is 0 Å². The van der Waals surface area contributed by atoms with Gasteiger partial charge in [0.15, 0.2) is 11.5 Å². The molecule has 1 aromatic rings. The van der Waals surface area contributed by atoms with Crippen LogP contribution in [0.25, 0.3) is 0 Å². The van der Waals surface area contributed by atoms with E-state index in [-0.39, 0.29) is 5.91 Å². The Hall–Kier alpha value is -1.43. The van der Waals surface area contributed by atoms with Crippen molar-refractivity contribution in [2.45, 2.75) is 25.8 Å². The molecule has 1 amide bonds. The molecule has 16 heavy (non-hydrogen) atoms. The molecule has 0 aromatic carbocycles. The molecule has 5 nitrogen and oxygen atoms in total. The van der Waals surface area contributed by atoms with E-state index >= 15 is 0 Å². The van der Waals surface area contributed by atoms with Gasteiger partial charge in [0, 0.05) is 18.1 Å². The minimum absolute atomic E-state index is 0.0997. The molecule has 1 aromatic heterocycles. The van der Waals surface area contributed by atoms with E-state index in [4.69, 9.17) is 0 Å². The first kappa shape index (κ1) is 11.1. The normalized spacial score (nSPS) is 26.9. The van der Waals surface area contributed by atoms with Crippen LogP contribution in [-0.4, -0.2) is 23.4 Å². The highest BCUT2D eigenvalue weighted by atomic mass is 32.1. The molecular weight excluding hydrogens is 224 g/mol. The molecule has 86 valence electrons. The molecule has 0 spiro atoms. The molecule has 0 radical (unpaired) electrons. The molecule has 1 unspecified atom stereocenters. The van der Waals surface area contributed by atoms with Crippen LogP contribution in [0.3, 0.4) is 0 Å². The van der Waals surface area contributed by atoms with E-state index < -0.39 is 5.54 Å². The summed E-state index contributed by atoms with van der Waals surface area (Å²) in [4.78, 5) is 20.3. The van der Waals surface area contributed by atoms with Crippen LogP contribution < -0.4 is 10.6 Å². The minimum Gasteiger partial charge on any atom is -0.336 e. The van der Waals surface area contributed by atoms with Gasteiger partial charge in [0.1, 0.15) is 5.01 Å². The second kappa shape index (κ2) is 4.21. The molecule has 2 heterocycles. The Balaban J connectivity index is 2.22. The fourth-order valence-corrected chi connectivity index (χ4v) is 2.23. The minimum atomic E-state index is -0.777. The maximum Gasteiger partial charge on any atom is 0.259 e. The number of aliphatic imine (C=N–C) groups is 1. The van der Waals surface area contributed by atoms with Crippen LogP contribution in [0.15, 0.2) is 16.6 Å². The van der Waals surface area contributed by atoms with Gasteiger partial charge in [-0.25, -0.2) is 4.98 Å². The van der Waals surface area contributed by atoms with Crippen molar-refractivity contribution in [1.82, 2.24) is 15.6 Å². The smallest absolute Gasteiger partial charge is 0.259 e. The van der Waals surface area contributed by atoms with Crippen molar-refractivity contribution in [3.63, 3.8) is 0 Å². The Labute approximate surface area is 98.0 Å². The van der Waals surface area contributed by atoms with Crippen LogP contribution in [-0.2, 0) is 10.3 Å². The Morgan fingerprint density at radius 3 is 3.06 bits per heavy atom. The molecule has 0 aliphatic carbocycles. The van der Waals surface area contributed by atoms with Crippen molar-refractivity contribution in [1.29, 1.82) is 0 Å². The number of rotatable bonds is 3. The molecule has 1 aliphatic heterocycles. The van der Waals surface area contributed by atoms with Gasteiger partial charge in [-0.15, -0.1) is 11.3 Å². The van der Waals surface area contributed by atoms with Crippen LogP contribution in [0.4, 0.5) is 0 Å². The van der Waals surface area contributed by atoms with Gasteiger partial charge in [-0.05, 0) is 13.3 Å². The number of guanidine groups is 1. The largest absolute Gasteiger partial charge is 0.336 e. The van der Waals surface area contributed by atoms with E-state index in [1.54, 1.807) is 6.20 Å². The number of carbonyl (C=O) groups is 1. The standard InChI is InChI=1S/C10H14N4OS/c1-3-4-12-9-13-7(15)10(2,14-9)8-11-5-6-16-8/h5-6H,3-4H2,1-2H3,(H2,12,13,14,15). The number of aromatic nitrogens is 1. The van der Waals surface area contributed by atoms with Crippen molar-refractivity contribution in [3.05, 3.63) is 16.6 Å². The molecule has 1 saturated heterocycles. The lowest BCUT2D eigenvalue weighted by Gasteiger charge is -2.17. The van der Waals surface area contributed by atoms with Crippen molar-refractivity contribution in [2.24, 2.45) is 4.99 Å². The molecule has 2 rings (SSSR count). The molecule has 0 bridgehead atoms. The molecule has 2 N–H and O–H groups in total. The van der Waals surface area contributed by atoms with E-state index in [0.717, 1.165) is 11.4 Å². The fourth-order valence-electron chi connectivity index (χ4n) is 1.48. The predicted molar refractivity (Wildman–Crippen MR) is 63.3 cm³/mol. The second-order valence-electron chi connectivity index (χ2n) is 3.77. The fraction of sp³-hybridized carbons (Fsp3) is 0.500. The van der Waals surface area contributed by atoms with Gasteiger partial charge in [0.25, 0.3) is 5.91 Å². The molecule has 6 heteroatoms. The van der Waals surface area contributed by atoms with Crippen molar-refractivity contribution in [2.75, 3.05) is 6.54 Å². The Morgan fingerprint density at radius 2 is 2.44 bits per heavy atom. The van der Waals surface area contributed by atoms with E-state index in [0.29, 0.717) is 12.5 Å². The Bertz CT molecular complexity index is 414. The third kappa shape index (κ3) is 1.80. The third-order valence-corrected chi connectivity index (χ3v) is 3.40. The lowest BCUT2D eigenvalue weighted by molar-refractivity contribution is -0.123.